The molecule has 0 saturated carbocycles. The molecule has 0 aliphatic carbocycles. The highest BCUT2D eigenvalue weighted by Crippen LogP contribution is 2.24. The molecule has 1 saturated heterocycles. The predicted octanol–water partition coefficient (Wildman–Crippen LogP) is 4.09. The summed E-state index contributed by atoms with van der Waals surface area (Å²) in [6.07, 6.45) is 0.888. The lowest BCUT2D eigenvalue weighted by Gasteiger charge is -2.22. The van der Waals surface area contributed by atoms with Crippen LogP contribution >= 0.6 is 11.6 Å². The van der Waals surface area contributed by atoms with Gasteiger partial charge in [-0.2, -0.15) is 5.10 Å². The number of ether oxygens (including phenoxy) is 1. The molecule has 1 aliphatic heterocycles. The summed E-state index contributed by atoms with van der Waals surface area (Å²) in [6, 6.07) is 17.0. The lowest BCUT2D eigenvalue weighted by atomic mass is 10.1. The van der Waals surface area contributed by atoms with E-state index in [0.717, 1.165) is 43.1 Å². The van der Waals surface area contributed by atoms with Crippen molar-refractivity contribution in [2.45, 2.75) is 6.42 Å². The van der Waals surface area contributed by atoms with Gasteiger partial charge in [-0.15, -0.1) is 0 Å². The van der Waals surface area contributed by atoms with Crippen molar-refractivity contribution in [3.05, 3.63) is 65.2 Å². The van der Waals surface area contributed by atoms with Crippen molar-refractivity contribution in [2.75, 3.05) is 38.2 Å². The van der Waals surface area contributed by atoms with Crippen LogP contribution in [0.1, 0.15) is 16.8 Å². The third kappa shape index (κ3) is 4.38. The number of amides is 1. The van der Waals surface area contributed by atoms with E-state index in [1.54, 1.807) is 13.2 Å². The van der Waals surface area contributed by atoms with E-state index in [2.05, 4.69) is 15.1 Å². The average molecular weight is 411 g/mol. The molecular weight excluding hydrogens is 388 g/mol. The van der Waals surface area contributed by atoms with E-state index in [1.165, 1.54) is 0 Å². The zero-order valence-corrected chi connectivity index (χ0v) is 17.0. The Kier molecular flexibility index (Phi) is 5.71. The number of methoxy groups -OCH3 is 1. The Labute approximate surface area is 175 Å². The highest BCUT2D eigenvalue weighted by Gasteiger charge is 2.22. The number of nitrogens with zero attached hydrogens (tertiary/aromatic N) is 3. The predicted molar refractivity (Wildman–Crippen MR) is 115 cm³/mol. The number of aromatic nitrogens is 2. The topological polar surface area (TPSA) is 61.5 Å². The Hall–Kier alpha value is -2.99. The molecule has 0 radical (unpaired) electrons. The second-order valence-corrected chi connectivity index (χ2v) is 7.45. The summed E-state index contributed by atoms with van der Waals surface area (Å²) in [5.41, 5.74) is 2.64. The molecule has 3 aromatic rings. The number of carbonyl (C=O) groups excluding carboxylic acids is 1. The number of halogens is 1. The molecule has 0 unspecified atom stereocenters. The Bertz CT molecular complexity index is 986. The SMILES string of the molecule is COc1cccc(C(=O)N2CCCN(c3cc(-c4ccc(Cl)cc4)[nH]n3)CC2)c1. The van der Waals surface area contributed by atoms with Crippen LogP contribution in [0.4, 0.5) is 5.82 Å². The fourth-order valence-electron chi connectivity index (χ4n) is 3.54. The number of hydrogen-bond donors (Lipinski definition) is 1. The minimum absolute atomic E-state index is 0.0367. The smallest absolute Gasteiger partial charge is 0.254 e. The minimum Gasteiger partial charge on any atom is -0.497 e. The Balaban J connectivity index is 1.44. The number of aromatic amines is 1. The van der Waals surface area contributed by atoms with Crippen molar-refractivity contribution in [3.8, 4) is 17.0 Å². The highest BCUT2D eigenvalue weighted by molar-refractivity contribution is 6.30. The first-order chi connectivity index (χ1) is 14.1. The van der Waals surface area contributed by atoms with E-state index >= 15 is 0 Å². The molecule has 1 amide bonds. The molecule has 1 aromatic heterocycles. The van der Waals surface area contributed by atoms with Gasteiger partial charge in [-0.05, 0) is 42.3 Å². The first-order valence-corrected chi connectivity index (χ1v) is 10.0. The molecule has 7 heteroatoms. The molecule has 2 aromatic carbocycles. The van der Waals surface area contributed by atoms with Crippen LogP contribution in [-0.2, 0) is 0 Å². The molecule has 1 N–H and O–H groups in total. The zero-order valence-electron chi connectivity index (χ0n) is 16.3. The van der Waals surface area contributed by atoms with Gasteiger partial charge in [0.05, 0.1) is 12.8 Å². The molecule has 29 heavy (non-hydrogen) atoms. The Morgan fingerprint density at radius 1 is 1.07 bits per heavy atom. The van der Waals surface area contributed by atoms with Crippen molar-refractivity contribution in [1.82, 2.24) is 15.1 Å². The van der Waals surface area contributed by atoms with Gasteiger partial charge >= 0.3 is 0 Å². The van der Waals surface area contributed by atoms with Gasteiger partial charge in [0.1, 0.15) is 5.75 Å². The van der Waals surface area contributed by atoms with Crippen molar-refractivity contribution in [1.29, 1.82) is 0 Å². The van der Waals surface area contributed by atoms with E-state index in [9.17, 15) is 4.79 Å². The van der Waals surface area contributed by atoms with Crippen LogP contribution in [-0.4, -0.2) is 54.3 Å². The lowest BCUT2D eigenvalue weighted by molar-refractivity contribution is 0.0766. The van der Waals surface area contributed by atoms with Gasteiger partial charge in [0.2, 0.25) is 0 Å². The highest BCUT2D eigenvalue weighted by atomic mass is 35.5. The van der Waals surface area contributed by atoms with Gasteiger partial charge in [0.15, 0.2) is 5.82 Å². The van der Waals surface area contributed by atoms with Crippen molar-refractivity contribution in [3.63, 3.8) is 0 Å². The maximum Gasteiger partial charge on any atom is 0.254 e. The van der Waals surface area contributed by atoms with Crippen LogP contribution < -0.4 is 9.64 Å². The summed E-state index contributed by atoms with van der Waals surface area (Å²) in [5, 5.41) is 8.29. The maximum absolute atomic E-state index is 12.9. The number of carbonyl (C=O) groups is 1. The number of anilines is 1. The molecule has 1 aliphatic rings. The Morgan fingerprint density at radius 3 is 2.69 bits per heavy atom. The molecule has 0 atom stereocenters. The first-order valence-electron chi connectivity index (χ1n) is 9.63. The summed E-state index contributed by atoms with van der Waals surface area (Å²) in [5.74, 6) is 1.62. The van der Waals surface area contributed by atoms with E-state index in [0.29, 0.717) is 22.9 Å². The standard InChI is InChI=1S/C22H23ClN4O2/c1-29-19-5-2-4-17(14-19)22(28)27-11-3-10-26(12-13-27)21-15-20(24-25-21)16-6-8-18(23)9-7-16/h2,4-9,14-15H,3,10-13H2,1H3,(H,24,25). The summed E-state index contributed by atoms with van der Waals surface area (Å²) < 4.78 is 5.24. The number of H-pyrrole nitrogens is 1. The maximum atomic E-state index is 12.9. The number of benzene rings is 2. The minimum atomic E-state index is 0.0367. The fraction of sp³-hybridized carbons (Fsp3) is 0.273. The number of nitrogens with one attached hydrogen (secondary N) is 1. The summed E-state index contributed by atoms with van der Waals surface area (Å²) in [7, 11) is 1.61. The second-order valence-electron chi connectivity index (χ2n) is 7.01. The Morgan fingerprint density at radius 2 is 1.90 bits per heavy atom. The van der Waals surface area contributed by atoms with E-state index in [1.807, 2.05) is 53.4 Å². The monoisotopic (exact) mass is 410 g/mol. The van der Waals surface area contributed by atoms with Crippen LogP contribution in [0.25, 0.3) is 11.3 Å². The molecule has 1 fully saturated rings. The summed E-state index contributed by atoms with van der Waals surface area (Å²) in [4.78, 5) is 17.0. The van der Waals surface area contributed by atoms with Gasteiger partial charge in [-0.1, -0.05) is 29.8 Å². The molecule has 0 bridgehead atoms. The molecular formula is C22H23ClN4O2. The van der Waals surface area contributed by atoms with E-state index in [4.69, 9.17) is 16.3 Å². The lowest BCUT2D eigenvalue weighted by Crippen LogP contribution is -2.35. The van der Waals surface area contributed by atoms with Gasteiger partial charge in [0, 0.05) is 42.8 Å². The van der Waals surface area contributed by atoms with Gasteiger partial charge in [0.25, 0.3) is 5.91 Å². The largest absolute Gasteiger partial charge is 0.497 e. The van der Waals surface area contributed by atoms with Crippen molar-refractivity contribution < 1.29 is 9.53 Å². The van der Waals surface area contributed by atoms with Gasteiger partial charge < -0.3 is 14.5 Å². The summed E-state index contributed by atoms with van der Waals surface area (Å²) in [6.45, 7) is 2.97. The third-order valence-corrected chi connectivity index (χ3v) is 5.40. The van der Waals surface area contributed by atoms with Crippen molar-refractivity contribution >= 4 is 23.3 Å². The van der Waals surface area contributed by atoms with Crippen LogP contribution in [0, 0.1) is 0 Å². The van der Waals surface area contributed by atoms with Gasteiger partial charge in [-0.3, -0.25) is 9.89 Å². The molecule has 6 nitrogen and oxygen atoms in total. The number of rotatable bonds is 4. The van der Waals surface area contributed by atoms with Crippen LogP contribution in [0.15, 0.2) is 54.6 Å². The van der Waals surface area contributed by atoms with Gasteiger partial charge in [-0.25, -0.2) is 0 Å². The van der Waals surface area contributed by atoms with E-state index in [-0.39, 0.29) is 5.91 Å². The quantitative estimate of drug-likeness (QED) is 0.703. The van der Waals surface area contributed by atoms with Crippen LogP contribution in [0.2, 0.25) is 5.02 Å². The normalized spacial score (nSPS) is 14.6. The van der Waals surface area contributed by atoms with E-state index < -0.39 is 0 Å². The molecule has 150 valence electrons. The average Bonchev–Trinajstić information content (AvgIpc) is 3.12. The molecule has 2 heterocycles. The van der Waals surface area contributed by atoms with Crippen LogP contribution in [0.3, 0.4) is 0 Å². The zero-order chi connectivity index (χ0) is 20.2. The van der Waals surface area contributed by atoms with Crippen LogP contribution in [0.5, 0.6) is 5.75 Å². The summed E-state index contributed by atoms with van der Waals surface area (Å²) >= 11 is 5.97. The molecule has 4 rings (SSSR count). The number of hydrogen-bond acceptors (Lipinski definition) is 4. The van der Waals surface area contributed by atoms with Crippen molar-refractivity contribution in [2.24, 2.45) is 0 Å². The fourth-order valence-corrected chi connectivity index (χ4v) is 3.66. The molecule has 0 spiro atoms. The second kappa shape index (κ2) is 8.57. The third-order valence-electron chi connectivity index (χ3n) is 5.14. The first kappa shape index (κ1) is 19.3.